The molecule has 1 heterocycles. The molecule has 194 valence electrons. The number of anilines is 3. The molecule has 1 aromatic heterocycles. The number of aliphatic hydroxyl groups is 7. The summed E-state index contributed by atoms with van der Waals surface area (Å²) in [5.41, 5.74) is 0. The number of aromatic nitrogens is 3. The number of hydrogen-bond donors (Lipinski definition) is 9. The first-order chi connectivity index (χ1) is 16.1. The third kappa shape index (κ3) is 7.15. The van der Waals surface area contributed by atoms with E-state index in [2.05, 4.69) is 24.7 Å². The van der Waals surface area contributed by atoms with Crippen molar-refractivity contribution in [1.82, 2.24) is 15.0 Å². The fourth-order valence-electron chi connectivity index (χ4n) is 2.60. The lowest BCUT2D eigenvalue weighted by Gasteiger charge is -2.34. The summed E-state index contributed by atoms with van der Waals surface area (Å²) in [7, 11) is 0. The highest BCUT2D eigenvalue weighted by atomic mass is 17.1. The molecule has 0 bridgehead atoms. The normalized spacial score (nSPS) is 16.6. The molecule has 0 saturated heterocycles. The van der Waals surface area contributed by atoms with Gasteiger partial charge in [0.1, 0.15) is 19.4 Å². The van der Waals surface area contributed by atoms with Crippen LogP contribution in [0.3, 0.4) is 0 Å². The molecule has 19 heteroatoms. The van der Waals surface area contributed by atoms with Crippen LogP contribution in [0.25, 0.3) is 0 Å². The zero-order valence-corrected chi connectivity index (χ0v) is 17.6. The number of carbonyl (C=O) groups excluding carboxylic acids is 2. The molecule has 1 rings (SSSR count). The topological polar surface area (TPSA) is 283 Å². The number of hydrogen-bond acceptors (Lipinski definition) is 19. The van der Waals surface area contributed by atoms with Crippen molar-refractivity contribution >= 4 is 30.4 Å². The Hall–Kier alpha value is -2.69. The first-order valence-electron chi connectivity index (χ1n) is 9.31. The number of nitrogens with zero attached hydrogens (tertiary/aromatic N) is 6. The molecule has 0 aromatic carbocycles. The van der Waals surface area contributed by atoms with Gasteiger partial charge in [0.25, 0.3) is 0 Å². The highest BCUT2D eigenvalue weighted by molar-refractivity contribution is 5.64. The molecular weight excluding hydrogens is 472 g/mol. The van der Waals surface area contributed by atoms with Gasteiger partial charge in [-0.25, -0.2) is 9.78 Å². The maximum atomic E-state index is 11.2. The van der Waals surface area contributed by atoms with Crippen LogP contribution in [0.5, 0.6) is 0 Å². The van der Waals surface area contributed by atoms with Crippen LogP contribution in [0.1, 0.15) is 6.92 Å². The SMILES string of the molecule is CC(O)N(c1nc(N(C(O)C=O)C(O)COO)nc(N(C(O)CO)C(O)COO)n1)C(O)C=O. The van der Waals surface area contributed by atoms with E-state index in [4.69, 9.17) is 10.5 Å². The highest BCUT2D eigenvalue weighted by Crippen LogP contribution is 2.25. The summed E-state index contributed by atoms with van der Waals surface area (Å²) < 4.78 is 0. The second kappa shape index (κ2) is 13.9. The van der Waals surface area contributed by atoms with Gasteiger partial charge in [0, 0.05) is 0 Å². The van der Waals surface area contributed by atoms with E-state index in [1.54, 1.807) is 0 Å². The minimum atomic E-state index is -2.19. The van der Waals surface area contributed by atoms with Gasteiger partial charge in [-0.1, -0.05) is 0 Å². The van der Waals surface area contributed by atoms with E-state index in [1.165, 1.54) is 0 Å². The smallest absolute Gasteiger partial charge is 0.236 e. The molecule has 1 aromatic rings. The first-order valence-corrected chi connectivity index (χ1v) is 9.31. The van der Waals surface area contributed by atoms with Crippen LogP contribution < -0.4 is 14.7 Å². The Bertz CT molecular complexity index is 776. The van der Waals surface area contributed by atoms with Gasteiger partial charge in [0.2, 0.25) is 17.8 Å². The largest absolute Gasteiger partial charge is 0.392 e. The van der Waals surface area contributed by atoms with Gasteiger partial charge in [-0.3, -0.25) is 34.8 Å². The molecule has 6 unspecified atom stereocenters. The van der Waals surface area contributed by atoms with Crippen molar-refractivity contribution in [3.63, 3.8) is 0 Å². The molecule has 0 radical (unpaired) electrons. The summed E-state index contributed by atoms with van der Waals surface area (Å²) in [6, 6.07) is 0. The predicted molar refractivity (Wildman–Crippen MR) is 105 cm³/mol. The average molecular weight is 498 g/mol. The fourth-order valence-corrected chi connectivity index (χ4v) is 2.60. The van der Waals surface area contributed by atoms with Crippen LogP contribution in [-0.2, 0) is 19.4 Å². The Morgan fingerprint density at radius 2 is 1.12 bits per heavy atom. The van der Waals surface area contributed by atoms with Crippen LogP contribution >= 0.6 is 0 Å². The molecule has 0 spiro atoms. The summed E-state index contributed by atoms with van der Waals surface area (Å²) in [6.45, 7) is -1.79. The Morgan fingerprint density at radius 3 is 1.50 bits per heavy atom. The molecule has 0 amide bonds. The lowest BCUT2D eigenvalue weighted by atomic mass is 10.4. The summed E-state index contributed by atoms with van der Waals surface area (Å²) >= 11 is 0. The minimum absolute atomic E-state index is 0.0306. The van der Waals surface area contributed by atoms with Crippen molar-refractivity contribution in [1.29, 1.82) is 0 Å². The monoisotopic (exact) mass is 498 g/mol. The molecular formula is C15H26N6O13. The van der Waals surface area contributed by atoms with Gasteiger partial charge in [0.15, 0.2) is 43.7 Å². The molecule has 34 heavy (non-hydrogen) atoms. The van der Waals surface area contributed by atoms with Crippen LogP contribution in [0, 0.1) is 0 Å². The fraction of sp³-hybridized carbons (Fsp3) is 0.667. The van der Waals surface area contributed by atoms with E-state index in [-0.39, 0.29) is 12.6 Å². The first kappa shape index (κ1) is 29.3. The van der Waals surface area contributed by atoms with Gasteiger partial charge >= 0.3 is 0 Å². The lowest BCUT2D eigenvalue weighted by molar-refractivity contribution is -0.258. The molecule has 0 aliphatic carbocycles. The van der Waals surface area contributed by atoms with E-state index in [0.717, 1.165) is 6.92 Å². The van der Waals surface area contributed by atoms with E-state index >= 15 is 0 Å². The number of rotatable bonds is 16. The molecule has 9 N–H and O–H groups in total. The van der Waals surface area contributed by atoms with Crippen molar-refractivity contribution in [3.05, 3.63) is 0 Å². The third-order valence-corrected chi connectivity index (χ3v) is 4.08. The number of aldehydes is 2. The zero-order valence-electron chi connectivity index (χ0n) is 17.6. The van der Waals surface area contributed by atoms with Gasteiger partial charge in [-0.15, -0.1) is 0 Å². The Balaban J connectivity index is 3.89. The van der Waals surface area contributed by atoms with Gasteiger partial charge in [-0.2, -0.15) is 15.0 Å². The third-order valence-electron chi connectivity index (χ3n) is 4.08. The van der Waals surface area contributed by atoms with E-state index in [0.29, 0.717) is 14.7 Å². The van der Waals surface area contributed by atoms with Crippen LogP contribution in [0.4, 0.5) is 17.8 Å². The van der Waals surface area contributed by atoms with E-state index in [1.807, 2.05) is 0 Å². The van der Waals surface area contributed by atoms with Crippen LogP contribution in [-0.4, -0.2) is 131 Å². The minimum Gasteiger partial charge on any atom is -0.392 e. The number of aliphatic hydroxyl groups excluding tert-OH is 7. The zero-order chi connectivity index (χ0) is 26.0. The second-order valence-corrected chi connectivity index (χ2v) is 6.40. The molecule has 0 aliphatic heterocycles. The lowest BCUT2D eigenvalue weighted by Crippen LogP contribution is -2.51. The second-order valence-electron chi connectivity index (χ2n) is 6.40. The molecule has 0 fully saturated rings. The maximum absolute atomic E-state index is 11.2. The standard InChI is InChI=1S/C15H26N6O13/c1-7(25)19(8(26)2-22)13-16-14(20(9(27)3-23)11(29)5-33-31)18-15(17-13)21(10(28)4-24)12(30)6-34-32/h2-3,7-12,24-32H,4-6H2,1H3. The Labute approximate surface area is 190 Å². The Morgan fingerprint density at radius 1 is 0.735 bits per heavy atom. The maximum Gasteiger partial charge on any atom is 0.236 e. The average Bonchev–Trinajstić information content (AvgIpc) is 2.79. The van der Waals surface area contributed by atoms with Crippen molar-refractivity contribution in [2.75, 3.05) is 34.5 Å². The van der Waals surface area contributed by atoms with E-state index in [9.17, 15) is 45.3 Å². The van der Waals surface area contributed by atoms with Crippen molar-refractivity contribution in [2.45, 2.75) is 44.3 Å². The quantitative estimate of drug-likeness (QED) is 0.0444. The summed E-state index contributed by atoms with van der Waals surface area (Å²) in [6.07, 6.45) is -12.0. The van der Waals surface area contributed by atoms with E-state index < -0.39 is 75.0 Å². The van der Waals surface area contributed by atoms with Crippen LogP contribution in [0.15, 0.2) is 0 Å². The summed E-state index contributed by atoms with van der Waals surface area (Å²) in [5, 5.41) is 87.1. The van der Waals surface area contributed by atoms with Gasteiger partial charge < -0.3 is 35.7 Å². The van der Waals surface area contributed by atoms with Crippen LogP contribution in [0.2, 0.25) is 0 Å². The van der Waals surface area contributed by atoms with Crippen molar-refractivity contribution in [2.24, 2.45) is 0 Å². The number of carbonyl (C=O) groups is 2. The summed E-state index contributed by atoms with van der Waals surface area (Å²) in [4.78, 5) is 42.5. The molecule has 6 atom stereocenters. The van der Waals surface area contributed by atoms with Gasteiger partial charge in [-0.05, 0) is 6.92 Å². The van der Waals surface area contributed by atoms with Crippen molar-refractivity contribution in [3.8, 4) is 0 Å². The highest BCUT2D eigenvalue weighted by Gasteiger charge is 2.34. The molecule has 0 aliphatic rings. The molecule has 19 nitrogen and oxygen atoms in total. The predicted octanol–water partition coefficient (Wildman–Crippen LogP) is -5.41. The summed E-state index contributed by atoms with van der Waals surface area (Å²) in [5.74, 6) is -2.39. The van der Waals surface area contributed by atoms with Crippen molar-refractivity contribution < 1.29 is 65.6 Å². The molecule has 0 saturated carbocycles. The van der Waals surface area contributed by atoms with Gasteiger partial charge in [0.05, 0.1) is 6.61 Å². The Kier molecular flexibility index (Phi) is 12.0.